The van der Waals surface area contributed by atoms with Crippen molar-refractivity contribution in [3.8, 4) is 11.3 Å². The van der Waals surface area contributed by atoms with Crippen LogP contribution in [0.5, 0.6) is 0 Å². The van der Waals surface area contributed by atoms with Gasteiger partial charge in [-0.15, -0.1) is 11.3 Å². The lowest BCUT2D eigenvalue weighted by Gasteiger charge is -2.07. The zero-order valence-electron chi connectivity index (χ0n) is 11.4. The molecule has 0 aliphatic heterocycles. The summed E-state index contributed by atoms with van der Waals surface area (Å²) in [6.07, 6.45) is 0.00884. The van der Waals surface area contributed by atoms with Gasteiger partial charge >= 0.3 is 6.03 Å². The largest absolute Gasteiger partial charge is 0.372 e. The zero-order chi connectivity index (χ0) is 14.5. The van der Waals surface area contributed by atoms with Crippen LogP contribution in [0.3, 0.4) is 0 Å². The maximum atomic E-state index is 10.7. The minimum Gasteiger partial charge on any atom is -0.372 e. The van der Waals surface area contributed by atoms with Gasteiger partial charge in [-0.1, -0.05) is 12.1 Å². The number of nitrogens with zero attached hydrogens (tertiary/aromatic N) is 1. The highest BCUT2D eigenvalue weighted by Gasteiger charge is 2.11. The standard InChI is InChI=1S/C14H17N3O2S/c1-3-19-9(2)13-17-12(8-20-13)10-4-6-11(7-5-10)16-14(15)18/h4-9H,3H2,1-2H3,(H3,15,16,18)/t9-/m1/s1. The molecular formula is C14H17N3O2S. The second kappa shape index (κ2) is 6.49. The van der Waals surface area contributed by atoms with Crippen LogP contribution in [0, 0.1) is 0 Å². The number of primary amides is 1. The van der Waals surface area contributed by atoms with E-state index in [9.17, 15) is 4.79 Å². The summed E-state index contributed by atoms with van der Waals surface area (Å²) in [4.78, 5) is 15.3. The van der Waals surface area contributed by atoms with Crippen molar-refractivity contribution in [2.24, 2.45) is 5.73 Å². The van der Waals surface area contributed by atoms with Crippen LogP contribution in [0.4, 0.5) is 10.5 Å². The molecule has 3 N–H and O–H groups in total. The first-order valence-corrected chi connectivity index (χ1v) is 7.22. The Labute approximate surface area is 121 Å². The summed E-state index contributed by atoms with van der Waals surface area (Å²) in [6.45, 7) is 4.63. The first-order chi connectivity index (χ1) is 9.60. The Morgan fingerprint density at radius 3 is 2.75 bits per heavy atom. The smallest absolute Gasteiger partial charge is 0.316 e. The molecule has 6 heteroatoms. The predicted molar refractivity (Wildman–Crippen MR) is 80.8 cm³/mol. The molecule has 0 saturated carbocycles. The van der Waals surface area contributed by atoms with Crippen LogP contribution in [0.25, 0.3) is 11.3 Å². The molecule has 1 aromatic heterocycles. The van der Waals surface area contributed by atoms with Gasteiger partial charge in [-0.3, -0.25) is 0 Å². The van der Waals surface area contributed by atoms with Gasteiger partial charge < -0.3 is 15.8 Å². The fourth-order valence-electron chi connectivity index (χ4n) is 1.79. The van der Waals surface area contributed by atoms with E-state index < -0.39 is 6.03 Å². The second-order valence-electron chi connectivity index (χ2n) is 4.24. The van der Waals surface area contributed by atoms with E-state index in [1.807, 2.05) is 31.4 Å². The van der Waals surface area contributed by atoms with E-state index in [0.29, 0.717) is 12.3 Å². The van der Waals surface area contributed by atoms with E-state index in [4.69, 9.17) is 10.5 Å². The van der Waals surface area contributed by atoms with Crippen molar-refractivity contribution in [2.45, 2.75) is 20.0 Å². The van der Waals surface area contributed by atoms with Gasteiger partial charge in [0.15, 0.2) is 0 Å². The van der Waals surface area contributed by atoms with Gasteiger partial charge in [0.1, 0.15) is 11.1 Å². The molecule has 0 fully saturated rings. The lowest BCUT2D eigenvalue weighted by molar-refractivity contribution is 0.0762. The Balaban J connectivity index is 2.13. The number of thiazole rings is 1. The number of ether oxygens (including phenoxy) is 1. The second-order valence-corrected chi connectivity index (χ2v) is 5.12. The van der Waals surface area contributed by atoms with E-state index in [1.54, 1.807) is 23.5 Å². The van der Waals surface area contributed by atoms with Crippen LogP contribution in [-0.2, 0) is 4.74 Å². The number of benzene rings is 1. The third-order valence-corrected chi connectivity index (χ3v) is 3.74. The van der Waals surface area contributed by atoms with Crippen LogP contribution in [-0.4, -0.2) is 17.6 Å². The minimum atomic E-state index is -0.570. The van der Waals surface area contributed by atoms with E-state index in [-0.39, 0.29) is 6.10 Å². The summed E-state index contributed by atoms with van der Waals surface area (Å²) in [7, 11) is 0. The normalized spacial score (nSPS) is 12.1. The topological polar surface area (TPSA) is 77.2 Å². The molecule has 0 unspecified atom stereocenters. The quantitative estimate of drug-likeness (QED) is 0.886. The number of hydrogen-bond acceptors (Lipinski definition) is 4. The third-order valence-electron chi connectivity index (χ3n) is 2.73. The van der Waals surface area contributed by atoms with Crippen LogP contribution >= 0.6 is 11.3 Å². The van der Waals surface area contributed by atoms with Crippen LogP contribution in [0.1, 0.15) is 25.0 Å². The Hall–Kier alpha value is -1.92. The molecular weight excluding hydrogens is 274 g/mol. The summed E-state index contributed by atoms with van der Waals surface area (Å²) >= 11 is 1.58. The molecule has 1 atom stereocenters. The molecule has 0 radical (unpaired) electrons. The number of nitrogens with one attached hydrogen (secondary N) is 1. The minimum absolute atomic E-state index is 0.00884. The Kier molecular flexibility index (Phi) is 4.70. The molecule has 2 amide bonds. The number of nitrogens with two attached hydrogens (primary N) is 1. The van der Waals surface area contributed by atoms with Crippen LogP contribution in [0.2, 0.25) is 0 Å². The molecule has 0 spiro atoms. The Morgan fingerprint density at radius 2 is 2.15 bits per heavy atom. The highest BCUT2D eigenvalue weighted by atomic mass is 32.1. The molecule has 106 valence electrons. The van der Waals surface area contributed by atoms with Gasteiger partial charge in [0.05, 0.1) is 5.69 Å². The number of aromatic nitrogens is 1. The fourth-order valence-corrected chi connectivity index (χ4v) is 2.63. The highest BCUT2D eigenvalue weighted by Crippen LogP contribution is 2.27. The lowest BCUT2D eigenvalue weighted by atomic mass is 10.1. The molecule has 0 bridgehead atoms. The molecule has 0 aliphatic carbocycles. The first-order valence-electron chi connectivity index (χ1n) is 6.34. The maximum absolute atomic E-state index is 10.7. The number of amides is 2. The monoisotopic (exact) mass is 291 g/mol. The van der Waals surface area contributed by atoms with Crippen molar-refractivity contribution in [2.75, 3.05) is 11.9 Å². The Morgan fingerprint density at radius 1 is 1.45 bits per heavy atom. The van der Waals surface area contributed by atoms with E-state index in [1.165, 1.54) is 0 Å². The molecule has 20 heavy (non-hydrogen) atoms. The predicted octanol–water partition coefficient (Wildman–Crippen LogP) is 3.40. The van der Waals surface area contributed by atoms with Gasteiger partial charge in [0.2, 0.25) is 0 Å². The fraction of sp³-hybridized carbons (Fsp3) is 0.286. The molecule has 2 rings (SSSR count). The van der Waals surface area contributed by atoms with E-state index >= 15 is 0 Å². The maximum Gasteiger partial charge on any atom is 0.316 e. The van der Waals surface area contributed by atoms with Crippen molar-refractivity contribution in [1.82, 2.24) is 4.98 Å². The number of rotatable bonds is 5. The Bertz CT molecular complexity index is 580. The van der Waals surface area contributed by atoms with Crippen molar-refractivity contribution in [3.63, 3.8) is 0 Å². The van der Waals surface area contributed by atoms with Gasteiger partial charge in [-0.05, 0) is 26.0 Å². The molecule has 1 aromatic carbocycles. The zero-order valence-corrected chi connectivity index (χ0v) is 12.2. The molecule has 5 nitrogen and oxygen atoms in total. The SMILES string of the molecule is CCO[C@H](C)c1nc(-c2ccc(NC(N)=O)cc2)cs1. The number of carbonyl (C=O) groups is 1. The van der Waals surface area contributed by atoms with Gasteiger partial charge in [0, 0.05) is 23.2 Å². The molecule has 2 aromatic rings. The molecule has 0 aliphatic rings. The van der Waals surface area contributed by atoms with Gasteiger partial charge in [0.25, 0.3) is 0 Å². The summed E-state index contributed by atoms with van der Waals surface area (Å²) in [5, 5.41) is 5.49. The first kappa shape index (κ1) is 14.5. The van der Waals surface area contributed by atoms with Crippen molar-refractivity contribution < 1.29 is 9.53 Å². The van der Waals surface area contributed by atoms with Crippen molar-refractivity contribution in [1.29, 1.82) is 0 Å². The van der Waals surface area contributed by atoms with Crippen molar-refractivity contribution >= 4 is 23.1 Å². The number of carbonyl (C=O) groups excluding carboxylic acids is 1. The molecule has 1 heterocycles. The highest BCUT2D eigenvalue weighted by molar-refractivity contribution is 7.10. The summed E-state index contributed by atoms with van der Waals surface area (Å²) in [6, 6.07) is 6.82. The average Bonchev–Trinajstić information content (AvgIpc) is 2.89. The van der Waals surface area contributed by atoms with E-state index in [2.05, 4.69) is 10.3 Å². The van der Waals surface area contributed by atoms with Crippen LogP contribution < -0.4 is 11.1 Å². The number of anilines is 1. The summed E-state index contributed by atoms with van der Waals surface area (Å²) < 4.78 is 5.53. The van der Waals surface area contributed by atoms with Gasteiger partial charge in [-0.2, -0.15) is 0 Å². The molecule has 0 saturated heterocycles. The van der Waals surface area contributed by atoms with Gasteiger partial charge in [-0.25, -0.2) is 9.78 Å². The summed E-state index contributed by atoms with van der Waals surface area (Å²) in [5.74, 6) is 0. The van der Waals surface area contributed by atoms with Crippen LogP contribution in [0.15, 0.2) is 29.6 Å². The third kappa shape index (κ3) is 3.55. The number of hydrogen-bond donors (Lipinski definition) is 2. The average molecular weight is 291 g/mol. The van der Waals surface area contributed by atoms with Crippen molar-refractivity contribution in [3.05, 3.63) is 34.7 Å². The summed E-state index contributed by atoms with van der Waals surface area (Å²) in [5.41, 5.74) is 7.63. The lowest BCUT2D eigenvalue weighted by Crippen LogP contribution is -2.19. The number of urea groups is 1. The van der Waals surface area contributed by atoms with E-state index in [0.717, 1.165) is 16.3 Å².